The molecule has 27 heavy (non-hydrogen) atoms. The maximum Gasteiger partial charge on any atom is 0.304 e. The summed E-state index contributed by atoms with van der Waals surface area (Å²) in [6.07, 6.45) is 0.113. The van der Waals surface area contributed by atoms with E-state index in [2.05, 4.69) is 17.9 Å². The number of aryl methyl sites for hydroxylation is 1. The molecule has 0 spiro atoms. The third-order valence-corrected chi connectivity index (χ3v) is 6.67. The summed E-state index contributed by atoms with van der Waals surface area (Å²) in [5.41, 5.74) is 3.30. The number of hydrogen-bond acceptors (Lipinski definition) is 4. The van der Waals surface area contributed by atoms with Crippen molar-refractivity contribution in [3.63, 3.8) is 0 Å². The van der Waals surface area contributed by atoms with Crippen molar-refractivity contribution in [1.29, 1.82) is 0 Å². The van der Waals surface area contributed by atoms with Gasteiger partial charge in [0.15, 0.2) is 0 Å². The summed E-state index contributed by atoms with van der Waals surface area (Å²) in [6, 6.07) is 13.7. The van der Waals surface area contributed by atoms with Gasteiger partial charge in [-0.05, 0) is 48.7 Å². The average Bonchev–Trinajstić information content (AvgIpc) is 2.65. The van der Waals surface area contributed by atoms with Crippen molar-refractivity contribution in [3.8, 4) is 11.5 Å². The zero-order valence-electron chi connectivity index (χ0n) is 15.7. The molecule has 1 N–H and O–H groups in total. The Kier molecular flexibility index (Phi) is 6.29. The molecule has 2 aromatic carbocycles. The highest BCUT2D eigenvalue weighted by Gasteiger charge is 2.27. The summed E-state index contributed by atoms with van der Waals surface area (Å²) < 4.78 is 18.5. The Morgan fingerprint density at radius 3 is 2.67 bits per heavy atom. The van der Waals surface area contributed by atoms with Gasteiger partial charge in [0, 0.05) is 36.2 Å². The molecule has 6 heteroatoms. The lowest BCUT2D eigenvalue weighted by Gasteiger charge is -2.32. The smallest absolute Gasteiger partial charge is 0.304 e. The van der Waals surface area contributed by atoms with Crippen molar-refractivity contribution < 1.29 is 18.8 Å². The zero-order chi connectivity index (χ0) is 19.4. The van der Waals surface area contributed by atoms with Crippen LogP contribution in [0.4, 0.5) is 0 Å². The summed E-state index contributed by atoms with van der Waals surface area (Å²) in [5.74, 6) is 1.36. The van der Waals surface area contributed by atoms with Crippen LogP contribution in [0.1, 0.15) is 28.4 Å². The van der Waals surface area contributed by atoms with E-state index in [4.69, 9.17) is 9.84 Å². The van der Waals surface area contributed by atoms with Crippen LogP contribution in [-0.4, -0.2) is 45.6 Å². The first kappa shape index (κ1) is 19.6. The highest BCUT2D eigenvalue weighted by molar-refractivity contribution is 7.85. The molecule has 0 amide bonds. The van der Waals surface area contributed by atoms with Crippen molar-refractivity contribution >= 4 is 16.8 Å². The van der Waals surface area contributed by atoms with Crippen molar-refractivity contribution in [1.82, 2.24) is 4.90 Å². The van der Waals surface area contributed by atoms with Crippen LogP contribution in [0.2, 0.25) is 0 Å². The van der Waals surface area contributed by atoms with Crippen molar-refractivity contribution in [2.24, 2.45) is 0 Å². The largest absolute Gasteiger partial charge is 0.481 e. The van der Waals surface area contributed by atoms with E-state index in [0.29, 0.717) is 25.4 Å². The van der Waals surface area contributed by atoms with Gasteiger partial charge in [-0.2, -0.15) is 0 Å². The second-order valence-electron chi connectivity index (χ2n) is 6.89. The van der Waals surface area contributed by atoms with Gasteiger partial charge in [-0.3, -0.25) is 9.00 Å². The van der Waals surface area contributed by atoms with E-state index < -0.39 is 16.8 Å². The number of rotatable bonds is 6. The maximum atomic E-state index is 12.5. The van der Waals surface area contributed by atoms with Crippen LogP contribution in [0.25, 0.3) is 0 Å². The summed E-state index contributed by atoms with van der Waals surface area (Å²) >= 11 is 0. The Morgan fingerprint density at radius 1 is 1.22 bits per heavy atom. The molecular formula is C21H25NO4S. The number of nitrogens with zero attached hydrogens (tertiary/aromatic N) is 1. The van der Waals surface area contributed by atoms with Crippen molar-refractivity contribution in [3.05, 3.63) is 59.2 Å². The minimum Gasteiger partial charge on any atom is -0.481 e. The lowest BCUT2D eigenvalue weighted by molar-refractivity contribution is -0.137. The van der Waals surface area contributed by atoms with Crippen LogP contribution < -0.4 is 4.74 Å². The fraction of sp³-hybridized carbons (Fsp3) is 0.381. The number of benzene rings is 2. The molecule has 0 aliphatic carbocycles. The number of hydrogen-bond donors (Lipinski definition) is 1. The number of carboxylic acid groups (broad SMARTS) is 1. The van der Waals surface area contributed by atoms with Gasteiger partial charge in [0.1, 0.15) is 11.5 Å². The molecule has 0 aromatic heterocycles. The van der Waals surface area contributed by atoms with Crippen LogP contribution in [0, 0.1) is 13.8 Å². The zero-order valence-corrected chi connectivity index (χ0v) is 16.5. The first-order chi connectivity index (χ1) is 12.9. The highest BCUT2D eigenvalue weighted by atomic mass is 32.2. The van der Waals surface area contributed by atoms with Crippen LogP contribution >= 0.6 is 0 Å². The second-order valence-corrected chi connectivity index (χ2v) is 8.63. The third kappa shape index (κ3) is 4.96. The molecule has 144 valence electrons. The number of carbonyl (C=O) groups is 1. The minimum absolute atomic E-state index is 0.0951. The number of ether oxygens (including phenoxy) is 1. The Morgan fingerprint density at radius 2 is 1.96 bits per heavy atom. The Bertz CT molecular complexity index is 835. The summed E-state index contributed by atoms with van der Waals surface area (Å²) in [4.78, 5) is 12.9. The van der Waals surface area contributed by atoms with E-state index >= 15 is 0 Å². The van der Waals surface area contributed by atoms with Gasteiger partial charge in [0.05, 0.1) is 11.7 Å². The molecule has 0 bridgehead atoms. The number of carboxylic acids is 1. The SMILES string of the molecule is Cc1cccc(Oc2ccc(C3CN(CCC(=O)O)CCS3=O)cc2)c1C. The van der Waals surface area contributed by atoms with Gasteiger partial charge in [0.2, 0.25) is 0 Å². The molecule has 1 saturated heterocycles. The molecule has 0 radical (unpaired) electrons. The molecule has 2 aromatic rings. The van der Waals surface area contributed by atoms with Crippen LogP contribution in [0.15, 0.2) is 42.5 Å². The topological polar surface area (TPSA) is 66.8 Å². The molecule has 1 aliphatic heterocycles. The molecule has 3 rings (SSSR count). The fourth-order valence-corrected chi connectivity index (χ4v) is 4.76. The van der Waals surface area contributed by atoms with E-state index in [-0.39, 0.29) is 11.7 Å². The van der Waals surface area contributed by atoms with Gasteiger partial charge < -0.3 is 14.7 Å². The maximum absolute atomic E-state index is 12.5. The standard InChI is InChI=1S/C21H25NO4S/c1-15-4-3-5-19(16(15)2)26-18-8-6-17(7-9-18)20-14-22(11-10-21(23)24)12-13-27(20)25/h3-9,20H,10-14H2,1-2H3,(H,23,24). The average molecular weight is 388 g/mol. The van der Waals surface area contributed by atoms with Gasteiger partial charge in [-0.15, -0.1) is 0 Å². The molecule has 2 unspecified atom stereocenters. The van der Waals surface area contributed by atoms with E-state index in [0.717, 1.165) is 22.6 Å². The lowest BCUT2D eigenvalue weighted by Crippen LogP contribution is -2.40. The van der Waals surface area contributed by atoms with E-state index in [1.165, 1.54) is 5.56 Å². The van der Waals surface area contributed by atoms with E-state index in [9.17, 15) is 9.00 Å². The fourth-order valence-electron chi connectivity index (χ4n) is 3.20. The Labute approximate surface area is 162 Å². The van der Waals surface area contributed by atoms with Crippen LogP contribution in [0.3, 0.4) is 0 Å². The van der Waals surface area contributed by atoms with Crippen LogP contribution in [0.5, 0.6) is 11.5 Å². The van der Waals surface area contributed by atoms with Crippen molar-refractivity contribution in [2.75, 3.05) is 25.4 Å². The molecule has 1 heterocycles. The van der Waals surface area contributed by atoms with Gasteiger partial charge in [-0.25, -0.2) is 0 Å². The summed E-state index contributed by atoms with van der Waals surface area (Å²) in [7, 11) is -0.945. The third-order valence-electron chi connectivity index (χ3n) is 5.03. The quantitative estimate of drug-likeness (QED) is 0.819. The summed E-state index contributed by atoms with van der Waals surface area (Å²) in [5, 5.41) is 8.77. The first-order valence-electron chi connectivity index (χ1n) is 9.09. The second kappa shape index (κ2) is 8.67. The molecule has 0 saturated carbocycles. The molecule has 1 aliphatic rings. The Hall–Kier alpha value is -2.18. The molecule has 5 nitrogen and oxygen atoms in total. The summed E-state index contributed by atoms with van der Waals surface area (Å²) in [6.45, 7) is 5.90. The van der Waals surface area contributed by atoms with E-state index in [1.807, 2.05) is 43.3 Å². The molecule has 1 fully saturated rings. The molecular weight excluding hydrogens is 362 g/mol. The number of aliphatic carboxylic acids is 1. The Balaban J connectivity index is 1.69. The van der Waals surface area contributed by atoms with Gasteiger partial charge in [0.25, 0.3) is 0 Å². The van der Waals surface area contributed by atoms with Gasteiger partial charge in [-0.1, -0.05) is 24.3 Å². The predicted octanol–water partition coefficient (Wildman–Crippen LogP) is 3.68. The monoisotopic (exact) mass is 387 g/mol. The van der Waals surface area contributed by atoms with Crippen molar-refractivity contribution in [2.45, 2.75) is 25.5 Å². The highest BCUT2D eigenvalue weighted by Crippen LogP contribution is 2.30. The van der Waals surface area contributed by atoms with Crippen LogP contribution in [-0.2, 0) is 15.6 Å². The predicted molar refractivity (Wildman–Crippen MR) is 107 cm³/mol. The van der Waals surface area contributed by atoms with Gasteiger partial charge >= 0.3 is 5.97 Å². The lowest BCUT2D eigenvalue weighted by atomic mass is 10.1. The normalized spacial score (nSPS) is 20.4. The molecule has 2 atom stereocenters. The van der Waals surface area contributed by atoms with E-state index in [1.54, 1.807) is 0 Å². The minimum atomic E-state index is -0.945. The first-order valence-corrected chi connectivity index (χ1v) is 10.5.